The third kappa shape index (κ3) is 5.46. The van der Waals surface area contributed by atoms with Crippen molar-refractivity contribution in [3.63, 3.8) is 0 Å². The molecule has 0 spiro atoms. The molecule has 4 atom stereocenters. The molecule has 1 saturated heterocycles. The molecular formula is C18H32FN5O4. The Morgan fingerprint density at radius 1 is 1.39 bits per heavy atom. The maximum atomic E-state index is 15.4. The zero-order valence-electron chi connectivity index (χ0n) is 16.8. The first-order chi connectivity index (χ1) is 13.0. The fraction of sp³-hybridized carbons (Fsp3) is 0.833. The highest BCUT2D eigenvalue weighted by atomic mass is 19.1. The van der Waals surface area contributed by atoms with Crippen molar-refractivity contribution in [2.24, 2.45) is 28.6 Å². The molecule has 0 bridgehead atoms. The van der Waals surface area contributed by atoms with E-state index >= 15 is 4.39 Å². The molecule has 28 heavy (non-hydrogen) atoms. The number of aliphatic carboxylic acids is 1. The highest BCUT2D eigenvalue weighted by Gasteiger charge is 2.48. The highest BCUT2D eigenvalue weighted by Crippen LogP contribution is 2.46. The van der Waals surface area contributed by atoms with Gasteiger partial charge in [-0.1, -0.05) is 0 Å². The van der Waals surface area contributed by atoms with E-state index in [-0.39, 0.29) is 44.1 Å². The van der Waals surface area contributed by atoms with Crippen molar-refractivity contribution in [2.45, 2.75) is 76.6 Å². The van der Waals surface area contributed by atoms with E-state index < -0.39 is 29.4 Å². The van der Waals surface area contributed by atoms with Gasteiger partial charge in [0.15, 0.2) is 0 Å². The molecule has 6 N–H and O–H groups in total. The Balaban J connectivity index is 2.07. The summed E-state index contributed by atoms with van der Waals surface area (Å²) in [5, 5.41) is 13.1. The normalized spacial score (nSPS) is 31.1. The number of carboxylic acids is 1. The number of alkyl halides is 1. The first-order valence-electron chi connectivity index (χ1n) is 9.63. The van der Waals surface area contributed by atoms with Gasteiger partial charge in [-0.2, -0.15) is 5.10 Å². The van der Waals surface area contributed by atoms with Gasteiger partial charge in [-0.25, -0.2) is 19.8 Å². The summed E-state index contributed by atoms with van der Waals surface area (Å²) in [6.45, 7) is 5.48. The summed E-state index contributed by atoms with van der Waals surface area (Å²) in [4.78, 5) is 25.6. The fourth-order valence-corrected chi connectivity index (χ4v) is 4.23. The largest absolute Gasteiger partial charge is 0.480 e. The van der Waals surface area contributed by atoms with Crippen LogP contribution < -0.4 is 17.1 Å². The SMILES string of the molecule is CC(C)(C)OC(=O)N1CC2CCC(F)(CC/C(=N/N)NN)CC2C[C@H]1C(=O)O. The summed E-state index contributed by atoms with van der Waals surface area (Å²) in [5.74, 6) is 9.66. The number of rotatable bonds is 4. The number of fused-ring (bicyclic) bond motifs is 1. The van der Waals surface area contributed by atoms with Crippen LogP contribution in [-0.4, -0.2) is 51.8 Å². The summed E-state index contributed by atoms with van der Waals surface area (Å²) in [5.41, 5.74) is 0.209. The Morgan fingerprint density at radius 3 is 2.61 bits per heavy atom. The van der Waals surface area contributed by atoms with Crippen molar-refractivity contribution in [1.82, 2.24) is 10.3 Å². The van der Waals surface area contributed by atoms with Crippen molar-refractivity contribution in [1.29, 1.82) is 0 Å². The Bertz CT molecular complexity index is 624. The van der Waals surface area contributed by atoms with Crippen LogP contribution in [0.25, 0.3) is 0 Å². The number of halogens is 1. The van der Waals surface area contributed by atoms with Gasteiger partial charge in [0.2, 0.25) is 0 Å². The molecule has 2 aliphatic rings. The maximum Gasteiger partial charge on any atom is 0.411 e. The van der Waals surface area contributed by atoms with Crippen LogP contribution in [0.3, 0.4) is 0 Å². The van der Waals surface area contributed by atoms with Crippen LogP contribution in [0.5, 0.6) is 0 Å². The number of nitrogens with zero attached hydrogens (tertiary/aromatic N) is 2. The van der Waals surface area contributed by atoms with Gasteiger partial charge in [0.1, 0.15) is 23.1 Å². The van der Waals surface area contributed by atoms with E-state index in [1.807, 2.05) is 0 Å². The molecule has 10 heteroatoms. The molecule has 2 rings (SSSR count). The number of carbonyl (C=O) groups is 2. The number of nitrogens with two attached hydrogens (primary N) is 2. The number of nitrogens with one attached hydrogen (secondary N) is 1. The minimum Gasteiger partial charge on any atom is -0.480 e. The van der Waals surface area contributed by atoms with E-state index in [0.29, 0.717) is 18.7 Å². The molecule has 0 radical (unpaired) electrons. The monoisotopic (exact) mass is 401 g/mol. The quantitative estimate of drug-likeness (QED) is 0.243. The molecule has 9 nitrogen and oxygen atoms in total. The topological polar surface area (TPSA) is 143 Å². The van der Waals surface area contributed by atoms with Gasteiger partial charge < -0.3 is 21.1 Å². The number of hydrogen-bond donors (Lipinski definition) is 4. The average molecular weight is 401 g/mol. The first-order valence-corrected chi connectivity index (χ1v) is 9.63. The van der Waals surface area contributed by atoms with Gasteiger partial charge in [-0.05, 0) is 64.7 Å². The van der Waals surface area contributed by atoms with Gasteiger partial charge in [-0.15, -0.1) is 0 Å². The molecule has 160 valence electrons. The Morgan fingerprint density at radius 2 is 2.07 bits per heavy atom. The Hall–Kier alpha value is -2.10. The number of amidine groups is 1. The zero-order chi connectivity index (χ0) is 21.1. The van der Waals surface area contributed by atoms with E-state index in [1.54, 1.807) is 20.8 Å². The number of likely N-dealkylation sites (tertiary alicyclic amines) is 1. The van der Waals surface area contributed by atoms with Gasteiger partial charge in [-0.3, -0.25) is 4.90 Å². The fourth-order valence-electron chi connectivity index (χ4n) is 4.23. The lowest BCUT2D eigenvalue weighted by molar-refractivity contribution is -0.147. The molecule has 1 saturated carbocycles. The average Bonchev–Trinajstić information content (AvgIpc) is 2.59. The van der Waals surface area contributed by atoms with Crippen molar-refractivity contribution in [2.75, 3.05) is 6.54 Å². The molecular weight excluding hydrogens is 369 g/mol. The summed E-state index contributed by atoms with van der Waals surface area (Å²) in [6, 6.07) is -1.01. The highest BCUT2D eigenvalue weighted by molar-refractivity contribution is 5.81. The van der Waals surface area contributed by atoms with Crippen LogP contribution in [0.1, 0.15) is 59.3 Å². The molecule has 0 aromatic heterocycles. The third-order valence-corrected chi connectivity index (χ3v) is 5.64. The van der Waals surface area contributed by atoms with Crippen LogP contribution in [-0.2, 0) is 9.53 Å². The number of hydrazone groups is 1. The van der Waals surface area contributed by atoms with Crippen LogP contribution >= 0.6 is 0 Å². The second-order valence-electron chi connectivity index (χ2n) is 8.86. The number of ether oxygens (including phenoxy) is 1. The number of carboxylic acid groups (broad SMARTS) is 1. The van der Waals surface area contributed by atoms with E-state index in [4.69, 9.17) is 16.4 Å². The molecule has 1 heterocycles. The van der Waals surface area contributed by atoms with Crippen LogP contribution in [0, 0.1) is 11.8 Å². The molecule has 3 unspecified atom stereocenters. The van der Waals surface area contributed by atoms with Crippen LogP contribution in [0.2, 0.25) is 0 Å². The van der Waals surface area contributed by atoms with E-state index in [0.717, 1.165) is 0 Å². The van der Waals surface area contributed by atoms with Gasteiger partial charge in [0.05, 0.1) is 0 Å². The summed E-state index contributed by atoms with van der Waals surface area (Å²) in [7, 11) is 0. The minimum atomic E-state index is -1.43. The van der Waals surface area contributed by atoms with Crippen molar-refractivity contribution >= 4 is 17.9 Å². The van der Waals surface area contributed by atoms with Crippen LogP contribution in [0.4, 0.5) is 9.18 Å². The van der Waals surface area contributed by atoms with Crippen molar-refractivity contribution in [3.8, 4) is 0 Å². The second kappa shape index (κ2) is 8.50. The number of amides is 1. The maximum absolute atomic E-state index is 15.4. The molecule has 2 fully saturated rings. The molecule has 1 amide bonds. The molecule has 0 aromatic rings. The number of carbonyl (C=O) groups excluding carboxylic acids is 1. The number of hydrazine groups is 1. The van der Waals surface area contributed by atoms with E-state index in [1.165, 1.54) is 4.90 Å². The summed E-state index contributed by atoms with van der Waals surface area (Å²) >= 11 is 0. The van der Waals surface area contributed by atoms with Gasteiger partial charge in [0, 0.05) is 13.0 Å². The van der Waals surface area contributed by atoms with Gasteiger partial charge in [0.25, 0.3) is 0 Å². The lowest BCUT2D eigenvalue weighted by Crippen LogP contribution is -2.56. The number of hydrogen-bond acceptors (Lipinski definition) is 6. The Kier molecular flexibility index (Phi) is 6.74. The molecule has 1 aliphatic heterocycles. The summed E-state index contributed by atoms with van der Waals surface area (Å²) in [6.07, 6.45) is 1.27. The van der Waals surface area contributed by atoms with E-state index in [2.05, 4.69) is 10.5 Å². The predicted octanol–water partition coefficient (Wildman–Crippen LogP) is 1.72. The predicted molar refractivity (Wildman–Crippen MR) is 102 cm³/mol. The Labute approximate surface area is 164 Å². The lowest BCUT2D eigenvalue weighted by atomic mass is 9.67. The lowest BCUT2D eigenvalue weighted by Gasteiger charge is -2.48. The third-order valence-electron chi connectivity index (χ3n) is 5.64. The number of piperidine rings is 1. The second-order valence-corrected chi connectivity index (χ2v) is 8.86. The smallest absolute Gasteiger partial charge is 0.411 e. The van der Waals surface area contributed by atoms with E-state index in [9.17, 15) is 14.7 Å². The van der Waals surface area contributed by atoms with Gasteiger partial charge >= 0.3 is 12.1 Å². The van der Waals surface area contributed by atoms with Crippen molar-refractivity contribution in [3.05, 3.63) is 0 Å². The van der Waals surface area contributed by atoms with Crippen molar-refractivity contribution < 1.29 is 23.8 Å². The standard InChI is InChI=1S/C18H32FN5O4/c1-17(2,3)28-16(27)24-10-11-4-6-18(19,7-5-14(22-20)23-21)9-12(11)8-13(24)15(25)26/h11-13H,4-10,20-21H2,1-3H3,(H,22,23)(H,25,26)/t11?,12?,13-,18?/m0/s1. The van der Waals surface area contributed by atoms with Crippen LogP contribution in [0.15, 0.2) is 5.10 Å². The first kappa shape index (κ1) is 22.2. The zero-order valence-corrected chi connectivity index (χ0v) is 16.8. The minimum absolute atomic E-state index is 0.0577. The summed E-state index contributed by atoms with van der Waals surface area (Å²) < 4.78 is 20.7. The molecule has 0 aromatic carbocycles. The molecule has 1 aliphatic carbocycles.